The fourth-order valence-electron chi connectivity index (χ4n) is 2.35. The molecule has 0 aliphatic carbocycles. The van der Waals surface area contributed by atoms with Crippen LogP contribution < -0.4 is 5.32 Å². The Morgan fingerprint density at radius 1 is 1.25 bits per heavy atom. The molecular weight excluding hydrogens is 326 g/mol. The van der Waals surface area contributed by atoms with Gasteiger partial charge in [0.05, 0.1) is 0 Å². The SMILES string of the molecule is CN(C)CCNC(=O)c1ccn2c(-c3cccc(Cl)c3)nnc2c1. The van der Waals surface area contributed by atoms with Gasteiger partial charge in [0.15, 0.2) is 11.5 Å². The maximum Gasteiger partial charge on any atom is 0.251 e. The molecule has 6 nitrogen and oxygen atoms in total. The summed E-state index contributed by atoms with van der Waals surface area (Å²) in [6.45, 7) is 1.38. The van der Waals surface area contributed by atoms with Crippen LogP contribution in [0.3, 0.4) is 0 Å². The minimum atomic E-state index is -0.119. The number of rotatable bonds is 5. The van der Waals surface area contributed by atoms with Crippen LogP contribution in [0.25, 0.3) is 17.0 Å². The van der Waals surface area contributed by atoms with Crippen LogP contribution >= 0.6 is 11.6 Å². The highest BCUT2D eigenvalue weighted by molar-refractivity contribution is 6.30. The Kier molecular flexibility index (Phi) is 4.78. The molecule has 3 rings (SSSR count). The summed E-state index contributed by atoms with van der Waals surface area (Å²) < 4.78 is 1.84. The number of halogens is 1. The number of likely N-dealkylation sites (N-methyl/N-ethyl adjacent to an activating group) is 1. The monoisotopic (exact) mass is 343 g/mol. The fourth-order valence-corrected chi connectivity index (χ4v) is 2.54. The average molecular weight is 344 g/mol. The zero-order valence-electron chi connectivity index (χ0n) is 13.5. The van der Waals surface area contributed by atoms with Crippen molar-refractivity contribution in [1.82, 2.24) is 24.8 Å². The lowest BCUT2D eigenvalue weighted by molar-refractivity contribution is 0.0951. The first-order chi connectivity index (χ1) is 11.5. The van der Waals surface area contributed by atoms with E-state index in [9.17, 15) is 4.79 Å². The molecule has 1 N–H and O–H groups in total. The van der Waals surface area contributed by atoms with Crippen molar-refractivity contribution in [3.8, 4) is 11.4 Å². The summed E-state index contributed by atoms with van der Waals surface area (Å²) in [5.74, 6) is 0.568. The number of hydrogen-bond donors (Lipinski definition) is 1. The van der Waals surface area contributed by atoms with E-state index in [4.69, 9.17) is 11.6 Å². The number of hydrogen-bond acceptors (Lipinski definition) is 4. The van der Waals surface area contributed by atoms with Crippen molar-refractivity contribution in [2.45, 2.75) is 0 Å². The summed E-state index contributed by atoms with van der Waals surface area (Å²) in [5, 5.41) is 11.9. The lowest BCUT2D eigenvalue weighted by Gasteiger charge is -2.10. The number of fused-ring (bicyclic) bond motifs is 1. The van der Waals surface area contributed by atoms with Gasteiger partial charge >= 0.3 is 0 Å². The van der Waals surface area contributed by atoms with Crippen molar-refractivity contribution >= 4 is 23.2 Å². The molecule has 0 unspecified atom stereocenters. The molecule has 0 radical (unpaired) electrons. The van der Waals surface area contributed by atoms with Crippen molar-refractivity contribution in [2.75, 3.05) is 27.2 Å². The van der Waals surface area contributed by atoms with Gasteiger partial charge in [0.25, 0.3) is 5.91 Å². The molecule has 2 aromatic heterocycles. The van der Waals surface area contributed by atoms with E-state index in [1.54, 1.807) is 18.3 Å². The summed E-state index contributed by atoms with van der Waals surface area (Å²) in [6, 6.07) is 10.9. The lowest BCUT2D eigenvalue weighted by atomic mass is 10.2. The van der Waals surface area contributed by atoms with Gasteiger partial charge in [-0.15, -0.1) is 10.2 Å². The highest BCUT2D eigenvalue weighted by atomic mass is 35.5. The van der Waals surface area contributed by atoms with Gasteiger partial charge in [-0.05, 0) is 38.4 Å². The number of benzene rings is 1. The van der Waals surface area contributed by atoms with Gasteiger partial charge in [0.1, 0.15) is 0 Å². The second kappa shape index (κ2) is 6.98. The first kappa shape index (κ1) is 16.4. The molecule has 0 atom stereocenters. The highest BCUT2D eigenvalue weighted by Gasteiger charge is 2.11. The van der Waals surface area contributed by atoms with Gasteiger partial charge in [0.2, 0.25) is 0 Å². The minimum Gasteiger partial charge on any atom is -0.351 e. The maximum atomic E-state index is 12.2. The summed E-state index contributed by atoms with van der Waals surface area (Å²) in [4.78, 5) is 14.2. The Bertz CT molecular complexity index is 874. The summed E-state index contributed by atoms with van der Waals surface area (Å²) >= 11 is 6.04. The standard InChI is InChI=1S/C17H18ClN5O/c1-22(2)9-7-19-17(24)13-6-8-23-15(11-13)20-21-16(23)12-4-3-5-14(18)10-12/h3-6,8,10-11H,7,9H2,1-2H3,(H,19,24). The Hall–Kier alpha value is -2.44. The Morgan fingerprint density at radius 2 is 2.08 bits per heavy atom. The van der Waals surface area contributed by atoms with Crippen LogP contribution in [0.5, 0.6) is 0 Å². The molecule has 0 fully saturated rings. The van der Waals surface area contributed by atoms with Gasteiger partial charge in [-0.3, -0.25) is 9.20 Å². The molecule has 24 heavy (non-hydrogen) atoms. The number of nitrogens with one attached hydrogen (secondary N) is 1. The molecule has 0 bridgehead atoms. The van der Waals surface area contributed by atoms with E-state index >= 15 is 0 Å². The molecular formula is C17H18ClN5O. The predicted octanol–water partition coefficient (Wildman–Crippen LogP) is 2.34. The first-order valence-electron chi connectivity index (χ1n) is 7.58. The smallest absolute Gasteiger partial charge is 0.251 e. The lowest BCUT2D eigenvalue weighted by Crippen LogP contribution is -2.31. The summed E-state index contributed by atoms with van der Waals surface area (Å²) in [6.07, 6.45) is 1.80. The third-order valence-corrected chi connectivity index (χ3v) is 3.83. The van der Waals surface area contributed by atoms with E-state index in [0.29, 0.717) is 28.6 Å². The number of nitrogens with zero attached hydrogens (tertiary/aromatic N) is 4. The van der Waals surface area contributed by atoms with Crippen LogP contribution in [-0.4, -0.2) is 52.6 Å². The largest absolute Gasteiger partial charge is 0.351 e. The van der Waals surface area contributed by atoms with Crippen LogP contribution in [0.2, 0.25) is 5.02 Å². The van der Waals surface area contributed by atoms with E-state index in [0.717, 1.165) is 12.1 Å². The molecule has 1 aromatic carbocycles. The zero-order chi connectivity index (χ0) is 17.1. The Balaban J connectivity index is 1.84. The molecule has 0 saturated carbocycles. The normalized spacial score (nSPS) is 11.2. The number of aromatic nitrogens is 3. The van der Waals surface area contributed by atoms with Crippen LogP contribution in [-0.2, 0) is 0 Å². The van der Waals surface area contributed by atoms with Gasteiger partial charge in [-0.25, -0.2) is 0 Å². The Morgan fingerprint density at radius 3 is 2.83 bits per heavy atom. The number of pyridine rings is 1. The van der Waals surface area contributed by atoms with Gasteiger partial charge in [-0.1, -0.05) is 23.7 Å². The van der Waals surface area contributed by atoms with Crippen molar-refractivity contribution in [3.05, 3.63) is 53.2 Å². The van der Waals surface area contributed by atoms with Crippen molar-refractivity contribution in [1.29, 1.82) is 0 Å². The van der Waals surface area contributed by atoms with E-state index in [1.807, 2.05) is 47.7 Å². The maximum absolute atomic E-state index is 12.2. The van der Waals surface area contributed by atoms with Crippen molar-refractivity contribution in [3.63, 3.8) is 0 Å². The molecule has 0 aliphatic heterocycles. The number of carbonyl (C=O) groups is 1. The van der Waals surface area contributed by atoms with E-state index < -0.39 is 0 Å². The molecule has 2 heterocycles. The molecule has 7 heteroatoms. The highest BCUT2D eigenvalue weighted by Crippen LogP contribution is 2.22. The van der Waals surface area contributed by atoms with Crippen LogP contribution in [0, 0.1) is 0 Å². The van der Waals surface area contributed by atoms with E-state index in [1.165, 1.54) is 0 Å². The number of carbonyl (C=O) groups excluding carboxylic acids is 1. The minimum absolute atomic E-state index is 0.119. The third-order valence-electron chi connectivity index (χ3n) is 3.60. The quantitative estimate of drug-likeness (QED) is 0.772. The molecule has 0 aliphatic rings. The van der Waals surface area contributed by atoms with E-state index in [2.05, 4.69) is 15.5 Å². The molecule has 3 aromatic rings. The zero-order valence-corrected chi connectivity index (χ0v) is 14.3. The first-order valence-corrected chi connectivity index (χ1v) is 7.96. The van der Waals surface area contributed by atoms with Crippen LogP contribution in [0.15, 0.2) is 42.6 Å². The van der Waals surface area contributed by atoms with Gasteiger partial charge in [0, 0.05) is 35.4 Å². The molecule has 1 amide bonds. The summed E-state index contributed by atoms with van der Waals surface area (Å²) in [7, 11) is 3.93. The molecule has 0 spiro atoms. The van der Waals surface area contributed by atoms with E-state index in [-0.39, 0.29) is 5.91 Å². The molecule has 0 saturated heterocycles. The van der Waals surface area contributed by atoms with Gasteiger partial charge < -0.3 is 10.2 Å². The second-order valence-corrected chi connectivity index (χ2v) is 6.17. The number of amides is 1. The average Bonchev–Trinajstić information content (AvgIpc) is 2.97. The van der Waals surface area contributed by atoms with Gasteiger partial charge in [-0.2, -0.15) is 0 Å². The second-order valence-electron chi connectivity index (χ2n) is 5.74. The fraction of sp³-hybridized carbons (Fsp3) is 0.235. The van der Waals surface area contributed by atoms with Crippen molar-refractivity contribution in [2.24, 2.45) is 0 Å². The molecule has 124 valence electrons. The van der Waals surface area contributed by atoms with Crippen molar-refractivity contribution < 1.29 is 4.79 Å². The van der Waals surface area contributed by atoms with Crippen LogP contribution in [0.1, 0.15) is 10.4 Å². The predicted molar refractivity (Wildman–Crippen MR) is 94.3 cm³/mol. The topological polar surface area (TPSA) is 62.5 Å². The Labute approximate surface area is 145 Å². The summed E-state index contributed by atoms with van der Waals surface area (Å²) in [5.41, 5.74) is 2.05. The van der Waals surface area contributed by atoms with Crippen LogP contribution in [0.4, 0.5) is 0 Å². The third kappa shape index (κ3) is 3.55.